The van der Waals surface area contributed by atoms with Gasteiger partial charge < -0.3 is 9.84 Å². The van der Waals surface area contributed by atoms with E-state index in [1.165, 1.54) is 0 Å². The van der Waals surface area contributed by atoms with Crippen LogP contribution in [0.2, 0.25) is 0 Å². The molecule has 1 fully saturated rings. The number of aliphatic hydroxyl groups excluding tert-OH is 1. The summed E-state index contributed by atoms with van der Waals surface area (Å²) in [7, 11) is 0. The second kappa shape index (κ2) is 2.54. The van der Waals surface area contributed by atoms with Crippen LogP contribution in [-0.4, -0.2) is 29.2 Å². The smallest absolute Gasteiger partial charge is 0.192 e. The van der Waals surface area contributed by atoms with Crippen molar-refractivity contribution >= 4 is 5.78 Å². The molecule has 1 unspecified atom stereocenters. The fraction of sp³-hybridized carbons (Fsp3) is 0.889. The van der Waals surface area contributed by atoms with E-state index < -0.39 is 17.1 Å². The number of hydrogen-bond acceptors (Lipinski definition) is 3. The highest BCUT2D eigenvalue weighted by molar-refractivity contribution is 5.91. The van der Waals surface area contributed by atoms with Gasteiger partial charge in [0.05, 0.1) is 6.61 Å². The zero-order valence-corrected chi connectivity index (χ0v) is 8.05. The Hall–Kier alpha value is -0.410. The summed E-state index contributed by atoms with van der Waals surface area (Å²) in [4.78, 5) is 11.5. The first-order chi connectivity index (χ1) is 5.27. The van der Waals surface area contributed by atoms with E-state index in [0.29, 0.717) is 6.61 Å². The van der Waals surface area contributed by atoms with Gasteiger partial charge in [0.15, 0.2) is 5.78 Å². The van der Waals surface area contributed by atoms with Crippen molar-refractivity contribution in [1.82, 2.24) is 0 Å². The molecule has 12 heavy (non-hydrogen) atoms. The quantitative estimate of drug-likeness (QED) is 0.586. The van der Waals surface area contributed by atoms with E-state index in [-0.39, 0.29) is 5.78 Å². The molecule has 1 N–H and O–H groups in total. The van der Waals surface area contributed by atoms with Crippen molar-refractivity contribution in [3.8, 4) is 0 Å². The van der Waals surface area contributed by atoms with Crippen molar-refractivity contribution in [3.63, 3.8) is 0 Å². The summed E-state index contributed by atoms with van der Waals surface area (Å²) >= 11 is 0. The van der Waals surface area contributed by atoms with Crippen molar-refractivity contribution in [1.29, 1.82) is 0 Å². The first-order valence-corrected chi connectivity index (χ1v) is 4.14. The average Bonchev–Trinajstić information content (AvgIpc) is 1.96. The van der Waals surface area contributed by atoms with Crippen LogP contribution in [0, 0.1) is 5.41 Å². The lowest BCUT2D eigenvalue weighted by molar-refractivity contribution is -0.181. The van der Waals surface area contributed by atoms with E-state index in [1.54, 1.807) is 13.8 Å². The molecule has 1 saturated heterocycles. The molecule has 0 aliphatic carbocycles. The van der Waals surface area contributed by atoms with Crippen LogP contribution in [0.15, 0.2) is 0 Å². The molecule has 0 aromatic carbocycles. The van der Waals surface area contributed by atoms with Crippen LogP contribution in [-0.2, 0) is 9.53 Å². The fourth-order valence-electron chi connectivity index (χ4n) is 1.20. The molecule has 3 nitrogen and oxygen atoms in total. The number of carbonyl (C=O) groups is 1. The van der Waals surface area contributed by atoms with Gasteiger partial charge in [-0.3, -0.25) is 4.79 Å². The molecule has 1 aliphatic rings. The largest absolute Gasteiger partial charge is 0.385 e. The molecule has 1 aliphatic heterocycles. The number of ketones is 1. The van der Waals surface area contributed by atoms with Crippen LogP contribution < -0.4 is 0 Å². The predicted octanol–water partition coefficient (Wildman–Crippen LogP) is 0.751. The SMILES string of the molecule is CC1(C)OCC(C)(C)C(O)C1=O. The first-order valence-electron chi connectivity index (χ1n) is 4.14. The Morgan fingerprint density at radius 2 is 1.92 bits per heavy atom. The Morgan fingerprint density at radius 1 is 1.42 bits per heavy atom. The molecule has 0 amide bonds. The summed E-state index contributed by atoms with van der Waals surface area (Å²) in [5.74, 6) is -0.223. The third kappa shape index (κ3) is 1.39. The summed E-state index contributed by atoms with van der Waals surface area (Å²) in [6.07, 6.45) is -0.902. The lowest BCUT2D eigenvalue weighted by Gasteiger charge is -2.41. The van der Waals surface area contributed by atoms with E-state index in [2.05, 4.69) is 0 Å². The van der Waals surface area contributed by atoms with Crippen molar-refractivity contribution < 1.29 is 14.6 Å². The predicted molar refractivity (Wildman–Crippen MR) is 44.8 cm³/mol. The van der Waals surface area contributed by atoms with Gasteiger partial charge >= 0.3 is 0 Å². The summed E-state index contributed by atoms with van der Waals surface area (Å²) in [5.41, 5.74) is -1.28. The maximum Gasteiger partial charge on any atom is 0.192 e. The standard InChI is InChI=1S/C9H16O3/c1-8(2)5-12-9(3,4)7(11)6(8)10/h6,10H,5H2,1-4H3. The molecular formula is C9H16O3. The van der Waals surface area contributed by atoms with Crippen LogP contribution in [0.3, 0.4) is 0 Å². The van der Waals surface area contributed by atoms with Gasteiger partial charge in [-0.1, -0.05) is 13.8 Å². The monoisotopic (exact) mass is 172 g/mol. The van der Waals surface area contributed by atoms with Crippen LogP contribution in [0.5, 0.6) is 0 Å². The Labute approximate surface area is 72.7 Å². The van der Waals surface area contributed by atoms with Crippen molar-refractivity contribution in [2.24, 2.45) is 5.41 Å². The molecule has 1 rings (SSSR count). The van der Waals surface area contributed by atoms with Gasteiger partial charge in [0, 0.05) is 5.41 Å². The highest BCUT2D eigenvalue weighted by Crippen LogP contribution is 2.32. The Kier molecular flexibility index (Phi) is 2.05. The summed E-state index contributed by atoms with van der Waals surface area (Å²) in [6, 6.07) is 0. The number of rotatable bonds is 0. The minimum atomic E-state index is -0.902. The number of ether oxygens (including phenoxy) is 1. The summed E-state index contributed by atoms with van der Waals surface area (Å²) in [6.45, 7) is 7.45. The summed E-state index contributed by atoms with van der Waals surface area (Å²) < 4.78 is 5.35. The van der Waals surface area contributed by atoms with Gasteiger partial charge in [0.2, 0.25) is 0 Å². The molecule has 0 bridgehead atoms. The van der Waals surface area contributed by atoms with E-state index in [4.69, 9.17) is 4.74 Å². The van der Waals surface area contributed by atoms with Gasteiger partial charge in [-0.25, -0.2) is 0 Å². The van der Waals surface area contributed by atoms with E-state index >= 15 is 0 Å². The minimum Gasteiger partial charge on any atom is -0.385 e. The lowest BCUT2D eigenvalue weighted by Crippen LogP contribution is -2.56. The molecule has 0 radical (unpaired) electrons. The van der Waals surface area contributed by atoms with Crippen LogP contribution in [0.4, 0.5) is 0 Å². The third-order valence-corrected chi connectivity index (χ3v) is 2.39. The lowest BCUT2D eigenvalue weighted by atomic mass is 9.78. The highest BCUT2D eigenvalue weighted by Gasteiger charge is 2.47. The molecule has 1 atom stereocenters. The molecule has 1 heterocycles. The second-order valence-electron chi connectivity index (χ2n) is 4.55. The van der Waals surface area contributed by atoms with Gasteiger partial charge in [-0.15, -0.1) is 0 Å². The highest BCUT2D eigenvalue weighted by atomic mass is 16.5. The normalized spacial score (nSPS) is 33.4. The molecule has 0 aromatic rings. The van der Waals surface area contributed by atoms with Crippen molar-refractivity contribution in [3.05, 3.63) is 0 Å². The van der Waals surface area contributed by atoms with Gasteiger partial charge in [0.1, 0.15) is 11.7 Å². The number of carbonyl (C=O) groups excluding carboxylic acids is 1. The van der Waals surface area contributed by atoms with E-state index in [0.717, 1.165) is 0 Å². The van der Waals surface area contributed by atoms with Gasteiger partial charge in [0.25, 0.3) is 0 Å². The fourth-order valence-corrected chi connectivity index (χ4v) is 1.20. The van der Waals surface area contributed by atoms with Crippen LogP contribution in [0.1, 0.15) is 27.7 Å². The Balaban J connectivity index is 2.88. The third-order valence-electron chi connectivity index (χ3n) is 2.39. The zero-order chi connectivity index (χ0) is 9.57. The maximum atomic E-state index is 11.5. The molecule has 3 heteroatoms. The molecule has 0 saturated carbocycles. The Morgan fingerprint density at radius 3 is 2.33 bits per heavy atom. The van der Waals surface area contributed by atoms with Crippen molar-refractivity contribution in [2.45, 2.75) is 39.4 Å². The molecule has 70 valence electrons. The molecule has 0 spiro atoms. The van der Waals surface area contributed by atoms with E-state index in [9.17, 15) is 9.90 Å². The average molecular weight is 172 g/mol. The first kappa shape index (κ1) is 9.68. The van der Waals surface area contributed by atoms with Gasteiger partial charge in [-0.05, 0) is 13.8 Å². The van der Waals surface area contributed by atoms with Crippen LogP contribution in [0.25, 0.3) is 0 Å². The minimum absolute atomic E-state index is 0.223. The van der Waals surface area contributed by atoms with Gasteiger partial charge in [-0.2, -0.15) is 0 Å². The Bertz CT molecular complexity index is 206. The molecule has 0 aromatic heterocycles. The number of Topliss-reactive ketones (excluding diaryl/α,β-unsaturated/α-hetero) is 1. The van der Waals surface area contributed by atoms with E-state index in [1.807, 2.05) is 13.8 Å². The second-order valence-corrected chi connectivity index (χ2v) is 4.55. The maximum absolute atomic E-state index is 11.5. The number of hydrogen-bond donors (Lipinski definition) is 1. The zero-order valence-electron chi connectivity index (χ0n) is 8.05. The topological polar surface area (TPSA) is 46.5 Å². The summed E-state index contributed by atoms with van der Waals surface area (Å²) in [5, 5.41) is 9.61. The van der Waals surface area contributed by atoms with Crippen LogP contribution >= 0.6 is 0 Å². The molecular weight excluding hydrogens is 156 g/mol. The number of aliphatic hydroxyl groups is 1. The van der Waals surface area contributed by atoms with Crippen molar-refractivity contribution in [2.75, 3.05) is 6.61 Å².